The monoisotopic (exact) mass is 458 g/mol. The first kappa shape index (κ1) is 21.1. The Hall–Kier alpha value is -2.77. The summed E-state index contributed by atoms with van der Waals surface area (Å²) in [4.78, 5) is 22.1. The van der Waals surface area contributed by atoms with Gasteiger partial charge >= 0.3 is 7.82 Å². The maximum Gasteiger partial charge on any atom is 0.648 e. The Morgan fingerprint density at radius 2 is 1.81 bits per heavy atom. The molecular weight excluding hydrogens is 431 g/mol. The number of pyridine rings is 1. The number of nitrogens with zero attached hydrogens (tertiary/aromatic N) is 3. The molecule has 5 rings (SSSR count). The zero-order valence-electron chi connectivity index (χ0n) is 18.2. The second kappa shape index (κ2) is 8.30. The van der Waals surface area contributed by atoms with Crippen molar-refractivity contribution in [2.45, 2.75) is 26.8 Å². The lowest BCUT2D eigenvalue weighted by Gasteiger charge is -2.35. The molecule has 3 aliphatic heterocycles. The number of anilines is 1. The molecule has 3 aliphatic rings. The number of carbonyl (C=O) groups excluding carboxylic acids is 1. The largest absolute Gasteiger partial charge is 0.648 e. The van der Waals surface area contributed by atoms with E-state index < -0.39 is 7.82 Å². The van der Waals surface area contributed by atoms with Crippen LogP contribution in [-0.4, -0.2) is 53.4 Å². The Morgan fingerprint density at radius 1 is 1.09 bits per heavy atom. The van der Waals surface area contributed by atoms with Crippen molar-refractivity contribution in [1.82, 2.24) is 14.8 Å². The zero-order chi connectivity index (χ0) is 22.3. The molecule has 4 heterocycles. The summed E-state index contributed by atoms with van der Waals surface area (Å²) >= 11 is 0. The van der Waals surface area contributed by atoms with Crippen LogP contribution in [-0.2, 0) is 11.1 Å². The number of fused-ring (bicyclic) bond motifs is 1. The summed E-state index contributed by atoms with van der Waals surface area (Å²) in [6.45, 7) is 8.46. The summed E-state index contributed by atoms with van der Waals surface area (Å²) in [5, 5.41) is 3.24. The van der Waals surface area contributed by atoms with Crippen LogP contribution in [0.15, 0.2) is 30.3 Å². The standard InChI is InChI=1S/C22H27N4O5P/c1-15(2)8-9-23-20-17(18-19-21(24-20)31-32(28,29-18)30-19)22(27)26-12-10-25(11-13-26)14-16-6-4-3-5-7-16/h3-7,15H,8-14H2,1-2H3,(H,23,24). The van der Waals surface area contributed by atoms with Gasteiger partial charge in [-0.3, -0.25) is 9.69 Å². The second-order valence-electron chi connectivity index (χ2n) is 8.68. The SMILES string of the molecule is CC(C)CCNc1nc2c3c(c1C(=O)N1CCN(Cc4ccccc4)CC1)OP(=O)(O2)O3. The summed E-state index contributed by atoms with van der Waals surface area (Å²) in [6.07, 6.45) is 0.913. The molecule has 1 fully saturated rings. The first-order chi connectivity index (χ1) is 15.4. The molecule has 1 unspecified atom stereocenters. The Labute approximate surface area is 187 Å². The summed E-state index contributed by atoms with van der Waals surface area (Å²) < 4.78 is 28.4. The smallest absolute Gasteiger partial charge is 0.381 e. The van der Waals surface area contributed by atoms with Crippen LogP contribution in [0.3, 0.4) is 0 Å². The molecular formula is C22H27N4O5P. The number of benzene rings is 1. The van der Waals surface area contributed by atoms with Gasteiger partial charge in [0, 0.05) is 39.3 Å². The van der Waals surface area contributed by atoms with E-state index in [-0.39, 0.29) is 28.8 Å². The van der Waals surface area contributed by atoms with Gasteiger partial charge in [0.2, 0.25) is 5.75 Å². The Kier molecular flexibility index (Phi) is 5.47. The fraction of sp³-hybridized carbons (Fsp3) is 0.455. The van der Waals surface area contributed by atoms with Crippen LogP contribution in [0.5, 0.6) is 17.4 Å². The third-order valence-corrected chi connectivity index (χ3v) is 7.03. The third kappa shape index (κ3) is 4.02. The molecule has 2 aromatic rings. The van der Waals surface area contributed by atoms with Crippen LogP contribution in [0.2, 0.25) is 0 Å². The van der Waals surface area contributed by atoms with Gasteiger partial charge in [-0.25, -0.2) is 0 Å². The maximum absolute atomic E-state index is 13.5. The molecule has 1 aromatic heterocycles. The van der Waals surface area contributed by atoms with Crippen molar-refractivity contribution in [3.05, 3.63) is 41.5 Å². The molecule has 9 nitrogen and oxygen atoms in total. The number of carbonyl (C=O) groups is 1. The minimum atomic E-state index is -3.73. The van der Waals surface area contributed by atoms with E-state index in [0.717, 1.165) is 26.1 Å². The highest BCUT2D eigenvalue weighted by Crippen LogP contribution is 2.69. The van der Waals surface area contributed by atoms with Crippen molar-refractivity contribution in [1.29, 1.82) is 0 Å². The molecule has 32 heavy (non-hydrogen) atoms. The Balaban J connectivity index is 1.33. The number of phosphoric ester groups is 1. The van der Waals surface area contributed by atoms with Gasteiger partial charge in [0.15, 0.2) is 5.75 Å². The van der Waals surface area contributed by atoms with Gasteiger partial charge in [0.25, 0.3) is 11.8 Å². The molecule has 1 amide bonds. The first-order valence-corrected chi connectivity index (χ1v) is 12.4. The minimum Gasteiger partial charge on any atom is -0.381 e. The van der Waals surface area contributed by atoms with Gasteiger partial charge in [0.05, 0.1) is 0 Å². The van der Waals surface area contributed by atoms with Crippen molar-refractivity contribution >= 4 is 19.5 Å². The van der Waals surface area contributed by atoms with E-state index in [0.29, 0.717) is 31.4 Å². The van der Waals surface area contributed by atoms with E-state index in [4.69, 9.17) is 13.6 Å². The van der Waals surface area contributed by atoms with E-state index in [1.54, 1.807) is 4.90 Å². The molecule has 0 aliphatic carbocycles. The molecule has 10 heteroatoms. The summed E-state index contributed by atoms with van der Waals surface area (Å²) in [7, 11) is -3.73. The lowest BCUT2D eigenvalue weighted by atomic mass is 10.1. The molecule has 1 N–H and O–H groups in total. The van der Waals surface area contributed by atoms with Crippen LogP contribution in [0.1, 0.15) is 36.2 Å². The zero-order valence-corrected chi connectivity index (χ0v) is 19.1. The molecule has 1 aromatic carbocycles. The first-order valence-electron chi connectivity index (χ1n) is 11.0. The van der Waals surface area contributed by atoms with Gasteiger partial charge in [-0.15, -0.1) is 0 Å². The van der Waals surface area contributed by atoms with Crippen LogP contribution in [0.25, 0.3) is 0 Å². The van der Waals surface area contributed by atoms with Gasteiger partial charge in [-0.05, 0) is 17.9 Å². The number of hydrogen-bond donors (Lipinski definition) is 1. The van der Waals surface area contributed by atoms with Crippen molar-refractivity contribution < 1.29 is 22.9 Å². The van der Waals surface area contributed by atoms with E-state index in [2.05, 4.69) is 41.2 Å². The normalized spacial score (nSPS) is 21.3. The summed E-state index contributed by atoms with van der Waals surface area (Å²) in [6, 6.07) is 10.3. The lowest BCUT2D eigenvalue weighted by Crippen LogP contribution is -2.48. The number of aromatic nitrogens is 1. The van der Waals surface area contributed by atoms with Gasteiger partial charge in [0.1, 0.15) is 11.4 Å². The van der Waals surface area contributed by atoms with Gasteiger partial charge in [-0.1, -0.05) is 44.2 Å². The third-order valence-electron chi connectivity index (χ3n) is 5.82. The maximum atomic E-state index is 13.5. The van der Waals surface area contributed by atoms with Crippen molar-refractivity contribution in [3.63, 3.8) is 0 Å². The molecule has 1 saturated heterocycles. The molecule has 0 saturated carbocycles. The number of piperazine rings is 1. The molecule has 1 atom stereocenters. The van der Waals surface area contributed by atoms with Crippen LogP contribution >= 0.6 is 7.82 Å². The fourth-order valence-corrected chi connectivity index (χ4v) is 5.29. The Morgan fingerprint density at radius 3 is 2.50 bits per heavy atom. The molecule has 0 radical (unpaired) electrons. The second-order valence-corrected chi connectivity index (χ2v) is 10.1. The van der Waals surface area contributed by atoms with E-state index in [1.807, 2.05) is 18.2 Å². The van der Waals surface area contributed by atoms with E-state index in [1.165, 1.54) is 5.56 Å². The number of phosphoric acid groups is 1. The highest BCUT2D eigenvalue weighted by Gasteiger charge is 2.54. The fourth-order valence-electron chi connectivity index (χ4n) is 4.06. The van der Waals surface area contributed by atoms with Crippen LogP contribution in [0, 0.1) is 5.92 Å². The quantitative estimate of drug-likeness (QED) is 0.627. The highest BCUT2D eigenvalue weighted by atomic mass is 31.2. The summed E-state index contributed by atoms with van der Waals surface area (Å²) in [5.41, 5.74) is 1.52. The topological polar surface area (TPSA) is 93.2 Å². The lowest BCUT2D eigenvalue weighted by molar-refractivity contribution is 0.0627. The average molecular weight is 458 g/mol. The summed E-state index contributed by atoms with van der Waals surface area (Å²) in [5.74, 6) is 1.13. The minimum absolute atomic E-state index is 0.117. The average Bonchev–Trinajstić information content (AvgIpc) is 3.28. The number of hydrogen-bond acceptors (Lipinski definition) is 8. The number of nitrogens with one attached hydrogen (secondary N) is 1. The van der Waals surface area contributed by atoms with Crippen molar-refractivity contribution in [2.75, 3.05) is 38.0 Å². The highest BCUT2D eigenvalue weighted by molar-refractivity contribution is 7.50. The Bertz CT molecular complexity index is 1070. The van der Waals surface area contributed by atoms with Crippen molar-refractivity contribution in [2.24, 2.45) is 5.92 Å². The predicted molar refractivity (Wildman–Crippen MR) is 119 cm³/mol. The van der Waals surface area contributed by atoms with Crippen LogP contribution in [0.4, 0.5) is 5.82 Å². The predicted octanol–water partition coefficient (Wildman–Crippen LogP) is 3.77. The van der Waals surface area contributed by atoms with E-state index >= 15 is 0 Å². The molecule has 2 bridgehead atoms. The van der Waals surface area contributed by atoms with Crippen LogP contribution < -0.4 is 18.9 Å². The number of amides is 1. The van der Waals surface area contributed by atoms with Crippen molar-refractivity contribution in [3.8, 4) is 17.4 Å². The van der Waals surface area contributed by atoms with Gasteiger partial charge in [-0.2, -0.15) is 9.55 Å². The number of rotatable bonds is 7. The van der Waals surface area contributed by atoms with Gasteiger partial charge < -0.3 is 23.8 Å². The van der Waals surface area contributed by atoms with E-state index in [9.17, 15) is 9.36 Å². The molecule has 170 valence electrons. The molecule has 0 spiro atoms.